The first-order chi connectivity index (χ1) is 13.4. The zero-order valence-electron chi connectivity index (χ0n) is 15.2. The van der Waals surface area contributed by atoms with Gasteiger partial charge in [0, 0.05) is 17.6 Å². The van der Waals surface area contributed by atoms with E-state index in [0.717, 1.165) is 4.90 Å². The molecule has 1 heterocycles. The Morgan fingerprint density at radius 2 is 1.86 bits per heavy atom. The lowest BCUT2D eigenvalue weighted by molar-refractivity contribution is -0.130. The summed E-state index contributed by atoms with van der Waals surface area (Å²) in [7, 11) is 2.96. The van der Waals surface area contributed by atoms with Crippen molar-refractivity contribution in [2.75, 3.05) is 31.0 Å². The molecule has 2 aromatic rings. The van der Waals surface area contributed by atoms with E-state index >= 15 is 0 Å². The number of imide groups is 1. The van der Waals surface area contributed by atoms with Gasteiger partial charge in [0.2, 0.25) is 11.8 Å². The monoisotopic (exact) mass is 403 g/mol. The maximum Gasteiger partial charge on any atom is 0.328 e. The number of urea groups is 1. The number of hydrogen-bond donors (Lipinski definition) is 2. The molecular formula is C19H18ClN3O5. The average Bonchev–Trinajstić information content (AvgIpc) is 2.69. The van der Waals surface area contributed by atoms with Crippen LogP contribution >= 0.6 is 11.6 Å². The SMILES string of the molecule is COc1ccc(OC)c(NC(=O)C2CNC(=O)N(c3ccc(Cl)cc3)C2=O)c1. The van der Waals surface area contributed by atoms with Crippen LogP contribution in [0.3, 0.4) is 0 Å². The van der Waals surface area contributed by atoms with E-state index in [4.69, 9.17) is 21.1 Å². The molecule has 1 saturated heterocycles. The van der Waals surface area contributed by atoms with E-state index in [1.54, 1.807) is 30.3 Å². The molecule has 1 aliphatic heterocycles. The standard InChI is InChI=1S/C19H18ClN3O5/c1-27-13-7-8-16(28-2)15(9-13)22-17(24)14-10-21-19(26)23(18(14)25)12-5-3-11(20)4-6-12/h3-9,14H,10H2,1-2H3,(H,21,26)(H,22,24). The van der Waals surface area contributed by atoms with Gasteiger partial charge in [-0.05, 0) is 36.4 Å². The number of nitrogens with zero attached hydrogens (tertiary/aromatic N) is 1. The van der Waals surface area contributed by atoms with Crippen LogP contribution in [0.15, 0.2) is 42.5 Å². The number of rotatable bonds is 5. The molecule has 9 heteroatoms. The number of methoxy groups -OCH3 is 2. The van der Waals surface area contributed by atoms with E-state index < -0.39 is 23.8 Å². The first-order valence-corrected chi connectivity index (χ1v) is 8.72. The molecular weight excluding hydrogens is 386 g/mol. The highest BCUT2D eigenvalue weighted by molar-refractivity contribution is 6.30. The molecule has 2 N–H and O–H groups in total. The highest BCUT2D eigenvalue weighted by Crippen LogP contribution is 2.30. The van der Waals surface area contributed by atoms with Crippen LogP contribution in [0.1, 0.15) is 0 Å². The molecule has 8 nitrogen and oxygen atoms in total. The molecule has 28 heavy (non-hydrogen) atoms. The second kappa shape index (κ2) is 8.18. The Kier molecular flexibility index (Phi) is 5.70. The Morgan fingerprint density at radius 3 is 2.50 bits per heavy atom. The zero-order valence-corrected chi connectivity index (χ0v) is 15.9. The first kappa shape index (κ1) is 19.5. The van der Waals surface area contributed by atoms with Crippen LogP contribution in [0.4, 0.5) is 16.2 Å². The smallest absolute Gasteiger partial charge is 0.328 e. The summed E-state index contributed by atoms with van der Waals surface area (Å²) >= 11 is 5.86. The molecule has 2 aromatic carbocycles. The topological polar surface area (TPSA) is 97.0 Å². The summed E-state index contributed by atoms with van der Waals surface area (Å²) in [6.07, 6.45) is 0. The van der Waals surface area contributed by atoms with Crippen LogP contribution in [0.2, 0.25) is 5.02 Å². The minimum Gasteiger partial charge on any atom is -0.497 e. The van der Waals surface area contributed by atoms with Crippen molar-refractivity contribution in [3.63, 3.8) is 0 Å². The highest BCUT2D eigenvalue weighted by atomic mass is 35.5. The van der Waals surface area contributed by atoms with E-state index in [0.29, 0.717) is 27.9 Å². The summed E-state index contributed by atoms with van der Waals surface area (Å²) in [5.74, 6) is -1.39. The van der Waals surface area contributed by atoms with Gasteiger partial charge in [-0.2, -0.15) is 0 Å². The van der Waals surface area contributed by atoms with Gasteiger partial charge >= 0.3 is 6.03 Å². The number of nitrogens with one attached hydrogen (secondary N) is 2. The van der Waals surface area contributed by atoms with Crippen LogP contribution < -0.4 is 25.0 Å². The molecule has 1 fully saturated rings. The van der Waals surface area contributed by atoms with Crippen LogP contribution in [0, 0.1) is 5.92 Å². The molecule has 0 saturated carbocycles. The van der Waals surface area contributed by atoms with Crippen LogP contribution in [0.5, 0.6) is 11.5 Å². The molecule has 4 amide bonds. The largest absolute Gasteiger partial charge is 0.497 e. The second-order valence-corrected chi connectivity index (χ2v) is 6.38. The van der Waals surface area contributed by atoms with Gasteiger partial charge in [-0.3, -0.25) is 9.59 Å². The maximum absolute atomic E-state index is 12.8. The van der Waals surface area contributed by atoms with Gasteiger partial charge in [0.05, 0.1) is 25.6 Å². The zero-order chi connectivity index (χ0) is 20.3. The molecule has 1 atom stereocenters. The van der Waals surface area contributed by atoms with Crippen LogP contribution in [-0.2, 0) is 9.59 Å². The van der Waals surface area contributed by atoms with E-state index in [-0.39, 0.29) is 6.54 Å². The average molecular weight is 404 g/mol. The van der Waals surface area contributed by atoms with Crippen molar-refractivity contribution in [2.24, 2.45) is 5.92 Å². The molecule has 1 aliphatic rings. The van der Waals surface area contributed by atoms with Crippen molar-refractivity contribution in [1.29, 1.82) is 0 Å². The normalized spacial score (nSPS) is 16.4. The van der Waals surface area contributed by atoms with Crippen molar-refractivity contribution in [3.05, 3.63) is 47.5 Å². The Balaban J connectivity index is 1.83. The number of carbonyl (C=O) groups is 3. The number of hydrogen-bond acceptors (Lipinski definition) is 5. The molecule has 0 aromatic heterocycles. The highest BCUT2D eigenvalue weighted by Gasteiger charge is 2.39. The third-order valence-electron chi connectivity index (χ3n) is 4.24. The lowest BCUT2D eigenvalue weighted by Crippen LogP contribution is -2.58. The minimum absolute atomic E-state index is 0.111. The lowest BCUT2D eigenvalue weighted by Gasteiger charge is -2.30. The summed E-state index contributed by atoms with van der Waals surface area (Å²) in [5, 5.41) is 5.69. The Bertz CT molecular complexity index is 916. The van der Waals surface area contributed by atoms with Crippen LogP contribution in [0.25, 0.3) is 0 Å². The number of ether oxygens (including phenoxy) is 2. The molecule has 0 spiro atoms. The van der Waals surface area contributed by atoms with Crippen molar-refractivity contribution < 1.29 is 23.9 Å². The molecule has 146 valence electrons. The molecule has 0 radical (unpaired) electrons. The van der Waals surface area contributed by atoms with E-state index in [1.165, 1.54) is 26.4 Å². The van der Waals surface area contributed by atoms with E-state index in [9.17, 15) is 14.4 Å². The Hall–Kier alpha value is -3.26. The van der Waals surface area contributed by atoms with Crippen molar-refractivity contribution in [3.8, 4) is 11.5 Å². The Morgan fingerprint density at radius 1 is 1.14 bits per heavy atom. The molecule has 1 unspecified atom stereocenters. The fraction of sp³-hybridized carbons (Fsp3) is 0.211. The van der Waals surface area contributed by atoms with Gasteiger partial charge < -0.3 is 20.1 Å². The first-order valence-electron chi connectivity index (χ1n) is 8.35. The predicted molar refractivity (Wildman–Crippen MR) is 104 cm³/mol. The van der Waals surface area contributed by atoms with E-state index in [1.807, 2.05) is 0 Å². The summed E-state index contributed by atoms with van der Waals surface area (Å²) in [6, 6.07) is 10.5. The second-order valence-electron chi connectivity index (χ2n) is 5.94. The Labute approximate surface area is 166 Å². The maximum atomic E-state index is 12.8. The van der Waals surface area contributed by atoms with Crippen LogP contribution in [-0.4, -0.2) is 38.6 Å². The summed E-state index contributed by atoms with van der Waals surface area (Å²) in [6.45, 7) is -0.111. The van der Waals surface area contributed by atoms with E-state index in [2.05, 4.69) is 10.6 Å². The van der Waals surface area contributed by atoms with Gasteiger partial charge in [-0.15, -0.1) is 0 Å². The van der Waals surface area contributed by atoms with Crippen molar-refractivity contribution in [1.82, 2.24) is 5.32 Å². The summed E-state index contributed by atoms with van der Waals surface area (Å²) in [5.41, 5.74) is 0.679. The fourth-order valence-electron chi connectivity index (χ4n) is 2.78. The number of halogens is 1. The number of carbonyl (C=O) groups excluding carboxylic acids is 3. The quantitative estimate of drug-likeness (QED) is 0.748. The summed E-state index contributed by atoms with van der Waals surface area (Å²) < 4.78 is 10.4. The number of benzene rings is 2. The van der Waals surface area contributed by atoms with Gasteiger partial charge in [0.1, 0.15) is 17.4 Å². The number of amides is 4. The van der Waals surface area contributed by atoms with Crippen molar-refractivity contribution >= 4 is 40.8 Å². The lowest BCUT2D eigenvalue weighted by atomic mass is 10.0. The third-order valence-corrected chi connectivity index (χ3v) is 4.50. The van der Waals surface area contributed by atoms with Gasteiger partial charge in [0.25, 0.3) is 0 Å². The molecule has 3 rings (SSSR count). The summed E-state index contributed by atoms with van der Waals surface area (Å²) in [4.78, 5) is 38.7. The molecule has 0 bridgehead atoms. The third kappa shape index (κ3) is 3.86. The predicted octanol–water partition coefficient (Wildman–Crippen LogP) is 2.67. The fourth-order valence-corrected chi connectivity index (χ4v) is 2.91. The van der Waals surface area contributed by atoms with Gasteiger partial charge in [-0.25, -0.2) is 9.69 Å². The number of anilines is 2. The van der Waals surface area contributed by atoms with Gasteiger partial charge in [-0.1, -0.05) is 11.6 Å². The van der Waals surface area contributed by atoms with Gasteiger partial charge in [0.15, 0.2) is 0 Å². The minimum atomic E-state index is -1.11. The molecule has 0 aliphatic carbocycles. The van der Waals surface area contributed by atoms with Crippen molar-refractivity contribution in [2.45, 2.75) is 0 Å².